The highest BCUT2D eigenvalue weighted by atomic mass is 32.2. The third-order valence-electron chi connectivity index (χ3n) is 3.10. The molecular formula is C16H19NO3S. The van der Waals surface area contributed by atoms with Crippen LogP contribution in [0.15, 0.2) is 47.4 Å². The Hall–Kier alpha value is -2.01. The molecule has 0 saturated heterocycles. The predicted octanol–water partition coefficient (Wildman–Crippen LogP) is 3.42. The van der Waals surface area contributed by atoms with Gasteiger partial charge in [-0.2, -0.15) is 0 Å². The van der Waals surface area contributed by atoms with Gasteiger partial charge in [-0.05, 0) is 42.3 Å². The molecule has 0 amide bonds. The second-order valence-electron chi connectivity index (χ2n) is 4.97. The van der Waals surface area contributed by atoms with Crippen LogP contribution in [0.4, 0.5) is 5.69 Å². The van der Waals surface area contributed by atoms with Crippen LogP contribution in [0.5, 0.6) is 11.5 Å². The first kappa shape index (κ1) is 15.4. The lowest BCUT2D eigenvalue weighted by Gasteiger charge is -2.10. The van der Waals surface area contributed by atoms with Crippen LogP contribution in [0, 0.1) is 0 Å². The molecular weight excluding hydrogens is 286 g/mol. The SMILES string of the molecule is CCCc1ccc(Oc2ccc(S(C)(=O)=O)cc2N)cc1. The van der Waals surface area contributed by atoms with Gasteiger partial charge in [-0.25, -0.2) is 8.42 Å². The Labute approximate surface area is 125 Å². The van der Waals surface area contributed by atoms with Crippen molar-refractivity contribution in [1.29, 1.82) is 0 Å². The lowest BCUT2D eigenvalue weighted by molar-refractivity contribution is 0.484. The molecule has 0 heterocycles. The summed E-state index contributed by atoms with van der Waals surface area (Å²) in [6, 6.07) is 12.3. The van der Waals surface area contributed by atoms with Crippen LogP contribution in [-0.2, 0) is 16.3 Å². The topological polar surface area (TPSA) is 69.4 Å². The van der Waals surface area contributed by atoms with E-state index in [1.807, 2.05) is 24.3 Å². The summed E-state index contributed by atoms with van der Waals surface area (Å²) in [4.78, 5) is 0.186. The average molecular weight is 305 g/mol. The summed E-state index contributed by atoms with van der Waals surface area (Å²) in [5, 5.41) is 0. The van der Waals surface area contributed by atoms with Crippen molar-refractivity contribution in [3.8, 4) is 11.5 Å². The predicted molar refractivity (Wildman–Crippen MR) is 84.5 cm³/mol. The number of hydrogen-bond acceptors (Lipinski definition) is 4. The van der Waals surface area contributed by atoms with Gasteiger partial charge in [0.1, 0.15) is 11.5 Å². The largest absolute Gasteiger partial charge is 0.455 e. The van der Waals surface area contributed by atoms with Crippen molar-refractivity contribution in [3.05, 3.63) is 48.0 Å². The van der Waals surface area contributed by atoms with Crippen molar-refractivity contribution in [2.75, 3.05) is 12.0 Å². The summed E-state index contributed by atoms with van der Waals surface area (Å²) in [6.07, 6.45) is 3.28. The number of hydrogen-bond donors (Lipinski definition) is 1. The monoisotopic (exact) mass is 305 g/mol. The molecule has 0 saturated carbocycles. The highest BCUT2D eigenvalue weighted by Gasteiger charge is 2.10. The number of aryl methyl sites for hydroxylation is 1. The zero-order chi connectivity index (χ0) is 15.5. The second kappa shape index (κ2) is 6.18. The molecule has 4 nitrogen and oxygen atoms in total. The number of anilines is 1. The summed E-state index contributed by atoms with van der Waals surface area (Å²) in [6.45, 7) is 2.13. The molecule has 0 fully saturated rings. The fourth-order valence-corrected chi connectivity index (χ4v) is 2.65. The van der Waals surface area contributed by atoms with Crippen LogP contribution in [0.3, 0.4) is 0 Å². The molecule has 5 heteroatoms. The fraction of sp³-hybridized carbons (Fsp3) is 0.250. The van der Waals surface area contributed by atoms with E-state index >= 15 is 0 Å². The third kappa shape index (κ3) is 3.98. The molecule has 0 aliphatic heterocycles. The van der Waals surface area contributed by atoms with Crippen LogP contribution >= 0.6 is 0 Å². The highest BCUT2D eigenvalue weighted by Crippen LogP contribution is 2.29. The molecule has 112 valence electrons. The Kier molecular flexibility index (Phi) is 4.53. The molecule has 2 rings (SSSR count). The van der Waals surface area contributed by atoms with E-state index in [0.29, 0.717) is 17.2 Å². The van der Waals surface area contributed by atoms with E-state index in [1.165, 1.54) is 17.7 Å². The molecule has 0 bridgehead atoms. The van der Waals surface area contributed by atoms with Crippen molar-refractivity contribution in [2.45, 2.75) is 24.7 Å². The summed E-state index contributed by atoms with van der Waals surface area (Å²) in [5.41, 5.74) is 7.41. The normalized spacial score (nSPS) is 11.3. The van der Waals surface area contributed by atoms with Gasteiger partial charge in [0.05, 0.1) is 10.6 Å². The molecule has 0 unspecified atom stereocenters. The van der Waals surface area contributed by atoms with E-state index in [1.54, 1.807) is 6.07 Å². The Balaban J connectivity index is 2.20. The van der Waals surface area contributed by atoms with Gasteiger partial charge in [-0.1, -0.05) is 25.5 Å². The van der Waals surface area contributed by atoms with Crippen molar-refractivity contribution in [3.63, 3.8) is 0 Å². The first-order valence-corrected chi connectivity index (χ1v) is 8.65. The molecule has 0 spiro atoms. The van der Waals surface area contributed by atoms with Gasteiger partial charge in [0.25, 0.3) is 0 Å². The number of nitrogen functional groups attached to an aromatic ring is 1. The number of rotatable bonds is 5. The summed E-state index contributed by atoms with van der Waals surface area (Å²) in [7, 11) is -3.26. The molecule has 0 radical (unpaired) electrons. The maximum Gasteiger partial charge on any atom is 0.175 e. The summed E-state index contributed by atoms with van der Waals surface area (Å²) < 4.78 is 28.6. The number of ether oxygens (including phenoxy) is 1. The van der Waals surface area contributed by atoms with Crippen LogP contribution in [0.25, 0.3) is 0 Å². The lowest BCUT2D eigenvalue weighted by Crippen LogP contribution is -1.99. The molecule has 0 aromatic heterocycles. The maximum absolute atomic E-state index is 11.5. The minimum Gasteiger partial charge on any atom is -0.455 e. The lowest BCUT2D eigenvalue weighted by atomic mass is 10.1. The standard InChI is InChI=1S/C16H19NO3S/c1-3-4-12-5-7-13(8-6-12)20-16-10-9-14(11-15(16)17)21(2,18)19/h5-11H,3-4,17H2,1-2H3. The number of nitrogens with two attached hydrogens (primary N) is 1. The minimum absolute atomic E-state index is 0.186. The third-order valence-corrected chi connectivity index (χ3v) is 4.21. The van der Waals surface area contributed by atoms with Gasteiger partial charge in [0.2, 0.25) is 0 Å². The van der Waals surface area contributed by atoms with Gasteiger partial charge < -0.3 is 10.5 Å². The van der Waals surface area contributed by atoms with E-state index < -0.39 is 9.84 Å². The second-order valence-corrected chi connectivity index (χ2v) is 6.98. The van der Waals surface area contributed by atoms with Crippen LogP contribution in [0.2, 0.25) is 0 Å². The Bertz CT molecular complexity index is 722. The van der Waals surface area contributed by atoms with E-state index in [4.69, 9.17) is 10.5 Å². The van der Waals surface area contributed by atoms with Gasteiger partial charge in [-0.3, -0.25) is 0 Å². The molecule has 2 N–H and O–H groups in total. The van der Waals surface area contributed by atoms with Crippen molar-refractivity contribution >= 4 is 15.5 Å². The fourth-order valence-electron chi connectivity index (χ4n) is 1.99. The zero-order valence-corrected chi connectivity index (χ0v) is 13.0. The van der Waals surface area contributed by atoms with Crippen LogP contribution < -0.4 is 10.5 Å². The van der Waals surface area contributed by atoms with Gasteiger partial charge in [-0.15, -0.1) is 0 Å². The average Bonchev–Trinajstić information content (AvgIpc) is 2.42. The summed E-state index contributed by atoms with van der Waals surface area (Å²) >= 11 is 0. The van der Waals surface area contributed by atoms with Gasteiger partial charge in [0, 0.05) is 6.26 Å². The zero-order valence-electron chi connectivity index (χ0n) is 12.2. The van der Waals surface area contributed by atoms with E-state index in [9.17, 15) is 8.42 Å². The molecule has 0 aliphatic carbocycles. The molecule has 2 aromatic rings. The molecule has 2 aromatic carbocycles. The number of sulfone groups is 1. The van der Waals surface area contributed by atoms with Crippen molar-refractivity contribution in [1.82, 2.24) is 0 Å². The summed E-state index contributed by atoms with van der Waals surface area (Å²) in [5.74, 6) is 1.12. The van der Waals surface area contributed by atoms with Crippen LogP contribution in [0.1, 0.15) is 18.9 Å². The molecule has 0 aliphatic rings. The molecule has 21 heavy (non-hydrogen) atoms. The number of benzene rings is 2. The van der Waals surface area contributed by atoms with Crippen LogP contribution in [-0.4, -0.2) is 14.7 Å². The minimum atomic E-state index is -3.26. The Morgan fingerprint density at radius 1 is 1.10 bits per heavy atom. The Morgan fingerprint density at radius 2 is 1.76 bits per heavy atom. The smallest absolute Gasteiger partial charge is 0.175 e. The van der Waals surface area contributed by atoms with E-state index in [0.717, 1.165) is 19.1 Å². The van der Waals surface area contributed by atoms with E-state index in [2.05, 4.69) is 6.92 Å². The van der Waals surface area contributed by atoms with Crippen molar-refractivity contribution < 1.29 is 13.2 Å². The quantitative estimate of drug-likeness (QED) is 0.859. The highest BCUT2D eigenvalue weighted by molar-refractivity contribution is 7.90. The first-order chi connectivity index (χ1) is 9.90. The van der Waals surface area contributed by atoms with Gasteiger partial charge >= 0.3 is 0 Å². The maximum atomic E-state index is 11.5. The molecule has 0 atom stereocenters. The Morgan fingerprint density at radius 3 is 2.29 bits per heavy atom. The van der Waals surface area contributed by atoms with E-state index in [-0.39, 0.29) is 4.90 Å². The van der Waals surface area contributed by atoms with Crippen molar-refractivity contribution in [2.24, 2.45) is 0 Å². The first-order valence-electron chi connectivity index (χ1n) is 6.76. The van der Waals surface area contributed by atoms with Gasteiger partial charge in [0.15, 0.2) is 9.84 Å².